The van der Waals surface area contributed by atoms with Gasteiger partial charge in [-0.25, -0.2) is 4.79 Å². The van der Waals surface area contributed by atoms with Crippen molar-refractivity contribution in [2.24, 2.45) is 0 Å². The zero-order valence-corrected chi connectivity index (χ0v) is 18.2. The van der Waals surface area contributed by atoms with Crippen LogP contribution in [0.4, 0.5) is 5.69 Å². The number of non-ortho nitro benzene ring substituents is 1. The van der Waals surface area contributed by atoms with Crippen molar-refractivity contribution >= 4 is 23.5 Å². The van der Waals surface area contributed by atoms with Crippen LogP contribution in [0.25, 0.3) is 17.2 Å². The molecule has 0 radical (unpaired) electrons. The molecule has 0 aliphatic carbocycles. The average molecular weight is 463 g/mol. The number of Topliss-reactive ketones (excluding diaryl/α,β-unsaturated/α-hetero) is 1. The van der Waals surface area contributed by atoms with E-state index in [4.69, 9.17) is 9.47 Å². The van der Waals surface area contributed by atoms with Crippen LogP contribution in [0.5, 0.6) is 11.5 Å². The molecular formula is C28H17NO6. The van der Waals surface area contributed by atoms with Crippen LogP contribution in [-0.4, -0.2) is 16.7 Å². The number of hydrogen-bond acceptors (Lipinski definition) is 6. The molecule has 4 aromatic rings. The zero-order valence-electron chi connectivity index (χ0n) is 18.2. The van der Waals surface area contributed by atoms with Gasteiger partial charge in [0.2, 0.25) is 5.78 Å². The van der Waals surface area contributed by atoms with Gasteiger partial charge in [-0.1, -0.05) is 54.6 Å². The number of fused-ring (bicyclic) bond motifs is 1. The molecule has 1 aliphatic heterocycles. The molecule has 35 heavy (non-hydrogen) atoms. The van der Waals surface area contributed by atoms with Crippen molar-refractivity contribution in [3.8, 4) is 22.6 Å². The molecule has 0 fully saturated rings. The molecule has 0 aromatic heterocycles. The summed E-state index contributed by atoms with van der Waals surface area (Å²) in [5, 5.41) is 10.8. The summed E-state index contributed by atoms with van der Waals surface area (Å²) in [5.41, 5.74) is 3.38. The van der Waals surface area contributed by atoms with Crippen LogP contribution < -0.4 is 9.47 Å². The number of ketones is 1. The van der Waals surface area contributed by atoms with Crippen LogP contribution in [0.1, 0.15) is 26.3 Å². The molecule has 1 aliphatic rings. The Morgan fingerprint density at radius 2 is 1.54 bits per heavy atom. The number of carbonyl (C=O) groups excluding carboxylic acids is 2. The van der Waals surface area contributed by atoms with Crippen LogP contribution >= 0.6 is 0 Å². The summed E-state index contributed by atoms with van der Waals surface area (Å²) in [6, 6.07) is 27.3. The molecule has 0 unspecified atom stereocenters. The summed E-state index contributed by atoms with van der Waals surface area (Å²) in [5.74, 6) is -0.297. The average Bonchev–Trinajstić information content (AvgIpc) is 3.19. The molecule has 0 amide bonds. The van der Waals surface area contributed by atoms with E-state index in [1.807, 2.05) is 54.6 Å². The lowest BCUT2D eigenvalue weighted by atomic mass is 10.0. The van der Waals surface area contributed by atoms with Gasteiger partial charge < -0.3 is 9.47 Å². The number of nitro benzene ring substituents is 1. The minimum absolute atomic E-state index is 0.125. The first kappa shape index (κ1) is 21.8. The van der Waals surface area contributed by atoms with Crippen molar-refractivity contribution in [3.63, 3.8) is 0 Å². The second-order valence-electron chi connectivity index (χ2n) is 7.78. The molecule has 0 atom stereocenters. The topological polar surface area (TPSA) is 95.7 Å². The van der Waals surface area contributed by atoms with E-state index in [-0.39, 0.29) is 34.3 Å². The molecule has 7 nitrogen and oxygen atoms in total. The molecule has 0 saturated heterocycles. The van der Waals surface area contributed by atoms with Crippen molar-refractivity contribution in [1.29, 1.82) is 0 Å². The quantitative estimate of drug-likeness (QED) is 0.117. The fraction of sp³-hybridized carbons (Fsp3) is 0. The third kappa shape index (κ3) is 4.56. The molecule has 170 valence electrons. The minimum Gasteiger partial charge on any atom is -0.452 e. The maximum absolute atomic E-state index is 12.8. The molecule has 7 heteroatoms. The number of nitrogens with zero attached hydrogens (tertiary/aromatic N) is 1. The van der Waals surface area contributed by atoms with E-state index in [2.05, 4.69) is 0 Å². The van der Waals surface area contributed by atoms with Crippen LogP contribution in [0.3, 0.4) is 0 Å². The summed E-state index contributed by atoms with van der Waals surface area (Å²) >= 11 is 0. The Labute approximate surface area is 200 Å². The zero-order chi connectivity index (χ0) is 24.4. The van der Waals surface area contributed by atoms with E-state index in [1.54, 1.807) is 6.08 Å². The predicted octanol–water partition coefficient (Wildman–Crippen LogP) is 6.10. The van der Waals surface area contributed by atoms with Crippen LogP contribution in [0.2, 0.25) is 0 Å². The highest BCUT2D eigenvalue weighted by atomic mass is 16.6. The summed E-state index contributed by atoms with van der Waals surface area (Å²) in [7, 11) is 0. The molecular weight excluding hydrogens is 446 g/mol. The van der Waals surface area contributed by atoms with E-state index in [0.717, 1.165) is 16.7 Å². The number of carbonyl (C=O) groups is 2. The van der Waals surface area contributed by atoms with Crippen molar-refractivity contribution in [2.75, 3.05) is 0 Å². The Kier molecular flexibility index (Phi) is 5.65. The van der Waals surface area contributed by atoms with Gasteiger partial charge in [-0.05, 0) is 47.0 Å². The summed E-state index contributed by atoms with van der Waals surface area (Å²) in [6.07, 6.45) is 1.67. The Bertz CT molecular complexity index is 1470. The third-order valence-electron chi connectivity index (χ3n) is 5.48. The van der Waals surface area contributed by atoms with Gasteiger partial charge in [0.15, 0.2) is 5.76 Å². The van der Waals surface area contributed by atoms with Gasteiger partial charge in [-0.3, -0.25) is 14.9 Å². The SMILES string of the molecule is O=C(Oc1ccc2c(c1)OC(=Cc1ccc(-c3ccccc3)cc1)C2=O)c1ccc([N+](=O)[O-])cc1. The molecule has 0 spiro atoms. The van der Waals surface area contributed by atoms with Gasteiger partial charge in [0.1, 0.15) is 11.5 Å². The van der Waals surface area contributed by atoms with Crippen LogP contribution in [0, 0.1) is 10.1 Å². The first-order chi connectivity index (χ1) is 17.0. The molecule has 0 saturated carbocycles. The van der Waals surface area contributed by atoms with E-state index in [1.165, 1.54) is 42.5 Å². The minimum atomic E-state index is -0.682. The Morgan fingerprint density at radius 3 is 2.23 bits per heavy atom. The smallest absolute Gasteiger partial charge is 0.343 e. The fourth-order valence-corrected chi connectivity index (χ4v) is 3.67. The van der Waals surface area contributed by atoms with Crippen molar-refractivity contribution in [1.82, 2.24) is 0 Å². The first-order valence-electron chi connectivity index (χ1n) is 10.7. The number of hydrogen-bond donors (Lipinski definition) is 0. The van der Waals surface area contributed by atoms with E-state index in [0.29, 0.717) is 5.56 Å². The third-order valence-corrected chi connectivity index (χ3v) is 5.48. The summed E-state index contributed by atoms with van der Waals surface area (Å²) < 4.78 is 11.1. The summed E-state index contributed by atoms with van der Waals surface area (Å²) in [4.78, 5) is 35.4. The van der Waals surface area contributed by atoms with Crippen molar-refractivity contribution < 1.29 is 24.0 Å². The van der Waals surface area contributed by atoms with Gasteiger partial charge in [0.25, 0.3) is 5.69 Å². The fourth-order valence-electron chi connectivity index (χ4n) is 3.67. The Hall–Kier alpha value is -5.04. The maximum Gasteiger partial charge on any atom is 0.343 e. The molecule has 4 aromatic carbocycles. The number of rotatable bonds is 5. The number of esters is 1. The van der Waals surface area contributed by atoms with E-state index in [9.17, 15) is 19.7 Å². The highest BCUT2D eigenvalue weighted by Gasteiger charge is 2.28. The van der Waals surface area contributed by atoms with Gasteiger partial charge >= 0.3 is 5.97 Å². The Morgan fingerprint density at radius 1 is 0.857 bits per heavy atom. The number of ether oxygens (including phenoxy) is 2. The number of allylic oxidation sites excluding steroid dienone is 1. The lowest BCUT2D eigenvalue weighted by Crippen LogP contribution is -2.08. The van der Waals surface area contributed by atoms with E-state index >= 15 is 0 Å². The van der Waals surface area contributed by atoms with Crippen molar-refractivity contribution in [2.45, 2.75) is 0 Å². The predicted molar refractivity (Wildman–Crippen MR) is 129 cm³/mol. The molecule has 0 N–H and O–H groups in total. The number of nitro groups is 1. The van der Waals surface area contributed by atoms with Crippen molar-refractivity contribution in [3.05, 3.63) is 130 Å². The monoisotopic (exact) mass is 463 g/mol. The largest absolute Gasteiger partial charge is 0.452 e. The number of benzene rings is 4. The highest BCUT2D eigenvalue weighted by Crippen LogP contribution is 2.35. The standard InChI is InChI=1S/C28H17NO6/c30-27-24-15-14-23(34-28(31)21-10-12-22(13-11-21)29(32)33)17-25(24)35-26(27)16-18-6-8-20(9-7-18)19-4-2-1-3-5-19/h1-17H. The van der Waals surface area contributed by atoms with Gasteiger partial charge in [0.05, 0.1) is 16.1 Å². The lowest BCUT2D eigenvalue weighted by molar-refractivity contribution is -0.384. The van der Waals surface area contributed by atoms with Crippen LogP contribution in [0.15, 0.2) is 103 Å². The van der Waals surface area contributed by atoms with E-state index < -0.39 is 10.9 Å². The maximum atomic E-state index is 12.8. The van der Waals surface area contributed by atoms with Gasteiger partial charge in [0, 0.05) is 18.2 Å². The Balaban J connectivity index is 1.31. The summed E-state index contributed by atoms with van der Waals surface area (Å²) in [6.45, 7) is 0. The van der Waals surface area contributed by atoms with Gasteiger partial charge in [-0.15, -0.1) is 0 Å². The second-order valence-corrected chi connectivity index (χ2v) is 7.78. The molecule has 5 rings (SSSR count). The normalized spacial score (nSPS) is 13.3. The second kappa shape index (κ2) is 9.07. The van der Waals surface area contributed by atoms with Gasteiger partial charge in [-0.2, -0.15) is 0 Å². The highest BCUT2D eigenvalue weighted by molar-refractivity contribution is 6.14. The molecule has 0 bridgehead atoms. The van der Waals surface area contributed by atoms with Crippen LogP contribution in [-0.2, 0) is 0 Å². The first-order valence-corrected chi connectivity index (χ1v) is 10.7. The lowest BCUT2D eigenvalue weighted by Gasteiger charge is -2.05. The molecule has 1 heterocycles.